The number of amides is 2. The Hall–Kier alpha value is -2.90. The minimum Gasteiger partial charge on any atom is -0.494 e. The number of rotatable bonds is 6. The van der Waals surface area contributed by atoms with Crippen LogP contribution in [-0.4, -0.2) is 52.6 Å². The molecule has 8 heteroatoms. The van der Waals surface area contributed by atoms with Gasteiger partial charge in [0.1, 0.15) is 0 Å². The highest BCUT2D eigenvalue weighted by Gasteiger charge is 2.54. The molecule has 27 heavy (non-hydrogen) atoms. The van der Waals surface area contributed by atoms with Gasteiger partial charge >= 0.3 is 0 Å². The second kappa shape index (κ2) is 7.02. The number of benzene rings is 1. The lowest BCUT2D eigenvalue weighted by atomic mass is 9.80. The van der Waals surface area contributed by atoms with Crippen LogP contribution < -0.4 is 10.1 Å². The topological polar surface area (TPSA) is 87.3 Å². The highest BCUT2D eigenvalue weighted by molar-refractivity contribution is 5.95. The van der Waals surface area contributed by atoms with Crippen LogP contribution in [0.5, 0.6) is 5.75 Å². The molecule has 0 radical (unpaired) electrons. The number of ether oxygens (including phenoxy) is 1. The van der Waals surface area contributed by atoms with Crippen molar-refractivity contribution in [3.05, 3.63) is 47.5 Å². The summed E-state index contributed by atoms with van der Waals surface area (Å²) in [7, 11) is 1.36. The molecular formula is C19H21FN4O3. The number of aromatic nitrogens is 2. The zero-order valence-electron chi connectivity index (χ0n) is 14.9. The van der Waals surface area contributed by atoms with Crippen molar-refractivity contribution in [2.45, 2.75) is 31.3 Å². The molecule has 2 bridgehead atoms. The lowest BCUT2D eigenvalue weighted by molar-refractivity contribution is -0.131. The number of fused-ring (bicyclic) bond motifs is 1. The van der Waals surface area contributed by atoms with E-state index in [0.29, 0.717) is 24.9 Å². The third-order valence-electron chi connectivity index (χ3n) is 5.51. The van der Waals surface area contributed by atoms with E-state index in [1.54, 1.807) is 12.4 Å². The van der Waals surface area contributed by atoms with E-state index in [9.17, 15) is 14.0 Å². The Bertz CT molecular complexity index is 855. The molecule has 3 unspecified atom stereocenters. The monoisotopic (exact) mass is 372 g/mol. The molecule has 1 aliphatic carbocycles. The summed E-state index contributed by atoms with van der Waals surface area (Å²) in [6.45, 7) is 0.673. The Morgan fingerprint density at radius 2 is 2.30 bits per heavy atom. The first-order valence-corrected chi connectivity index (χ1v) is 8.98. The standard InChI is InChI=1S/C19H21FN4O3/c1-27-16-7-12(3-4-14(16)20)19(26)23-18-13-6-15(18)24(10-13)17(25)5-2-11-8-21-22-9-11/h3-4,7-9,13,15,18H,2,5-6,10H2,1H3,(H,21,22)(H,23,26). The number of nitrogens with zero attached hydrogens (tertiary/aromatic N) is 2. The molecule has 2 saturated heterocycles. The first-order valence-electron chi connectivity index (χ1n) is 8.98. The summed E-state index contributed by atoms with van der Waals surface area (Å²) in [5.41, 5.74) is 1.35. The van der Waals surface area contributed by atoms with Crippen LogP contribution in [0.25, 0.3) is 0 Å². The van der Waals surface area contributed by atoms with Gasteiger partial charge < -0.3 is 15.0 Å². The lowest BCUT2D eigenvalue weighted by Crippen LogP contribution is -2.55. The van der Waals surface area contributed by atoms with Gasteiger partial charge in [-0.2, -0.15) is 5.10 Å². The second-order valence-corrected chi connectivity index (χ2v) is 7.06. The average molecular weight is 372 g/mol. The van der Waals surface area contributed by atoms with E-state index in [0.717, 1.165) is 12.0 Å². The summed E-state index contributed by atoms with van der Waals surface area (Å²) in [6.07, 6.45) is 5.50. The van der Waals surface area contributed by atoms with Crippen LogP contribution >= 0.6 is 0 Å². The van der Waals surface area contributed by atoms with Crippen molar-refractivity contribution in [3.8, 4) is 5.75 Å². The quantitative estimate of drug-likeness (QED) is 0.805. The van der Waals surface area contributed by atoms with Crippen molar-refractivity contribution >= 4 is 11.8 Å². The van der Waals surface area contributed by atoms with Crippen molar-refractivity contribution in [2.75, 3.05) is 13.7 Å². The number of halogens is 1. The number of carbonyl (C=O) groups excluding carboxylic acids is 2. The Morgan fingerprint density at radius 1 is 1.44 bits per heavy atom. The maximum Gasteiger partial charge on any atom is 0.251 e. The molecule has 2 amide bonds. The highest BCUT2D eigenvalue weighted by Crippen LogP contribution is 2.41. The summed E-state index contributed by atoms with van der Waals surface area (Å²) < 4.78 is 18.4. The Morgan fingerprint density at radius 3 is 3.04 bits per heavy atom. The third-order valence-corrected chi connectivity index (χ3v) is 5.51. The molecule has 3 fully saturated rings. The number of H-pyrrole nitrogens is 1. The maximum absolute atomic E-state index is 13.5. The average Bonchev–Trinajstić information content (AvgIpc) is 3.40. The van der Waals surface area contributed by atoms with Crippen LogP contribution in [0.15, 0.2) is 30.6 Å². The Kier molecular flexibility index (Phi) is 4.55. The fourth-order valence-corrected chi connectivity index (χ4v) is 3.96. The van der Waals surface area contributed by atoms with Gasteiger partial charge in [-0.15, -0.1) is 0 Å². The molecule has 3 atom stereocenters. The molecule has 142 valence electrons. The van der Waals surface area contributed by atoms with Gasteiger partial charge in [0.25, 0.3) is 5.91 Å². The van der Waals surface area contributed by atoms with E-state index in [2.05, 4.69) is 15.5 Å². The third kappa shape index (κ3) is 3.27. The minimum atomic E-state index is -0.507. The predicted molar refractivity (Wildman–Crippen MR) is 94.7 cm³/mol. The van der Waals surface area contributed by atoms with Gasteiger partial charge in [-0.3, -0.25) is 14.7 Å². The van der Waals surface area contributed by atoms with Gasteiger partial charge in [-0.25, -0.2) is 4.39 Å². The Labute approximate surface area is 155 Å². The molecule has 7 nitrogen and oxygen atoms in total. The highest BCUT2D eigenvalue weighted by atomic mass is 19.1. The predicted octanol–water partition coefficient (Wildman–Crippen LogP) is 1.52. The van der Waals surface area contributed by atoms with Gasteiger partial charge in [-0.05, 0) is 36.6 Å². The van der Waals surface area contributed by atoms with Crippen LogP contribution in [0.3, 0.4) is 0 Å². The number of aryl methyl sites for hydroxylation is 1. The molecule has 3 heterocycles. The van der Waals surface area contributed by atoms with Crippen LogP contribution in [0, 0.1) is 11.7 Å². The normalized spacial score (nSPS) is 23.0. The van der Waals surface area contributed by atoms with E-state index in [4.69, 9.17) is 4.74 Å². The van der Waals surface area contributed by atoms with Crippen molar-refractivity contribution in [3.63, 3.8) is 0 Å². The molecule has 2 aliphatic heterocycles. The largest absolute Gasteiger partial charge is 0.494 e. The zero-order chi connectivity index (χ0) is 19.0. The van der Waals surface area contributed by atoms with Crippen LogP contribution in [0.2, 0.25) is 0 Å². The van der Waals surface area contributed by atoms with Crippen LogP contribution in [0.1, 0.15) is 28.8 Å². The summed E-state index contributed by atoms with van der Waals surface area (Å²) >= 11 is 0. The molecule has 1 aromatic carbocycles. The maximum atomic E-state index is 13.5. The van der Waals surface area contributed by atoms with Gasteiger partial charge in [-0.1, -0.05) is 0 Å². The van der Waals surface area contributed by atoms with Gasteiger partial charge in [0.05, 0.1) is 25.4 Å². The van der Waals surface area contributed by atoms with Gasteiger partial charge in [0.15, 0.2) is 11.6 Å². The minimum absolute atomic E-state index is 0.0373. The van der Waals surface area contributed by atoms with Crippen molar-refractivity contribution < 1.29 is 18.7 Å². The molecule has 1 aromatic heterocycles. The van der Waals surface area contributed by atoms with Gasteiger partial charge in [0.2, 0.25) is 5.91 Å². The van der Waals surface area contributed by atoms with E-state index < -0.39 is 5.82 Å². The first-order chi connectivity index (χ1) is 13.1. The number of nitrogens with one attached hydrogen (secondary N) is 2. The van der Waals surface area contributed by atoms with Gasteiger partial charge in [0, 0.05) is 30.6 Å². The van der Waals surface area contributed by atoms with E-state index >= 15 is 0 Å². The second-order valence-electron chi connectivity index (χ2n) is 7.06. The molecule has 2 N–H and O–H groups in total. The zero-order valence-corrected chi connectivity index (χ0v) is 14.9. The SMILES string of the molecule is COc1cc(C(=O)NC2C3CC2N(C(=O)CCc2cn[nH]c2)C3)ccc1F. The Balaban J connectivity index is 1.35. The number of hydrogen-bond acceptors (Lipinski definition) is 4. The molecule has 3 aliphatic rings. The first kappa shape index (κ1) is 17.5. The van der Waals surface area contributed by atoms with Crippen LogP contribution in [-0.2, 0) is 11.2 Å². The van der Waals surface area contributed by atoms with E-state index in [1.165, 1.54) is 25.3 Å². The number of methoxy groups -OCH3 is 1. The number of aromatic amines is 1. The molecule has 0 spiro atoms. The number of carbonyl (C=O) groups is 2. The summed E-state index contributed by atoms with van der Waals surface area (Å²) in [6, 6.07) is 4.03. The smallest absolute Gasteiger partial charge is 0.251 e. The fraction of sp³-hybridized carbons (Fsp3) is 0.421. The van der Waals surface area contributed by atoms with E-state index in [1.807, 2.05) is 4.90 Å². The summed E-state index contributed by atoms with van der Waals surface area (Å²) in [4.78, 5) is 26.9. The molecule has 2 aromatic rings. The van der Waals surface area contributed by atoms with E-state index in [-0.39, 0.29) is 35.6 Å². The molecule has 5 rings (SSSR count). The van der Waals surface area contributed by atoms with Crippen molar-refractivity contribution in [1.82, 2.24) is 20.4 Å². The van der Waals surface area contributed by atoms with Crippen molar-refractivity contribution in [2.24, 2.45) is 5.92 Å². The fourth-order valence-electron chi connectivity index (χ4n) is 3.96. The lowest BCUT2D eigenvalue weighted by Gasteiger charge is -2.37. The molecular weight excluding hydrogens is 351 g/mol. The molecule has 1 saturated carbocycles. The van der Waals surface area contributed by atoms with Crippen LogP contribution in [0.4, 0.5) is 4.39 Å². The summed E-state index contributed by atoms with van der Waals surface area (Å²) in [5, 5.41) is 9.62. The number of hydrogen-bond donors (Lipinski definition) is 2. The van der Waals surface area contributed by atoms with Crippen molar-refractivity contribution in [1.29, 1.82) is 0 Å². The summed E-state index contributed by atoms with van der Waals surface area (Å²) in [5.74, 6) is -0.369.